The van der Waals surface area contributed by atoms with Gasteiger partial charge in [-0.15, -0.1) is 0 Å². The molecule has 1 rings (SSSR count). The molecule has 0 aromatic heterocycles. The predicted molar refractivity (Wildman–Crippen MR) is 73.4 cm³/mol. The molecule has 5 nitrogen and oxygen atoms in total. The van der Waals surface area contributed by atoms with E-state index < -0.39 is 12.2 Å². The number of rotatable bonds is 6. The molecule has 2 atom stereocenters. The van der Waals surface area contributed by atoms with Crippen molar-refractivity contribution in [3.63, 3.8) is 0 Å². The van der Waals surface area contributed by atoms with Gasteiger partial charge in [0.05, 0.1) is 12.7 Å². The zero-order chi connectivity index (χ0) is 14.4. The van der Waals surface area contributed by atoms with E-state index in [1.165, 1.54) is 13.0 Å². The number of aliphatic hydroxyl groups is 2. The minimum Gasteiger partial charge on any atom is -0.504 e. The molecule has 106 valence electrons. The van der Waals surface area contributed by atoms with Crippen LogP contribution in [0.3, 0.4) is 0 Å². The number of carbonyl (C=O) groups is 1. The number of aliphatic hydroxyl groups excluding tert-OH is 2. The van der Waals surface area contributed by atoms with Gasteiger partial charge >= 0.3 is 0 Å². The van der Waals surface area contributed by atoms with Crippen molar-refractivity contribution in [2.24, 2.45) is 0 Å². The SMILES string of the molecule is CCOc1cccc(C(O)C(O)CSC(C)=O)c1O. The lowest BCUT2D eigenvalue weighted by molar-refractivity contribution is -0.109. The fourth-order valence-corrected chi connectivity index (χ4v) is 2.14. The van der Waals surface area contributed by atoms with E-state index in [-0.39, 0.29) is 27.9 Å². The topological polar surface area (TPSA) is 87.0 Å². The highest BCUT2D eigenvalue weighted by molar-refractivity contribution is 8.13. The summed E-state index contributed by atoms with van der Waals surface area (Å²) >= 11 is 0.921. The van der Waals surface area contributed by atoms with Crippen LogP contribution in [0.4, 0.5) is 0 Å². The first-order chi connectivity index (χ1) is 8.97. The molecule has 1 aromatic carbocycles. The van der Waals surface area contributed by atoms with Gasteiger partial charge < -0.3 is 20.1 Å². The first kappa shape index (κ1) is 15.8. The lowest BCUT2D eigenvalue weighted by Gasteiger charge is -2.19. The van der Waals surface area contributed by atoms with E-state index in [1.807, 2.05) is 0 Å². The summed E-state index contributed by atoms with van der Waals surface area (Å²) < 4.78 is 5.20. The minimum atomic E-state index is -1.27. The van der Waals surface area contributed by atoms with Crippen molar-refractivity contribution in [2.45, 2.75) is 26.1 Å². The van der Waals surface area contributed by atoms with E-state index in [2.05, 4.69) is 0 Å². The molecule has 0 aliphatic carbocycles. The Morgan fingerprint density at radius 1 is 1.42 bits per heavy atom. The van der Waals surface area contributed by atoms with Crippen molar-refractivity contribution in [2.75, 3.05) is 12.4 Å². The van der Waals surface area contributed by atoms with Gasteiger partial charge in [-0.2, -0.15) is 0 Å². The summed E-state index contributed by atoms with van der Waals surface area (Å²) in [5.41, 5.74) is 0.183. The number of phenolic OH excluding ortho intramolecular Hbond substituents is 1. The fourth-order valence-electron chi connectivity index (χ4n) is 1.55. The van der Waals surface area contributed by atoms with Gasteiger partial charge in [-0.1, -0.05) is 23.9 Å². The van der Waals surface area contributed by atoms with Crippen molar-refractivity contribution < 1.29 is 24.9 Å². The van der Waals surface area contributed by atoms with Crippen LogP contribution in [0.15, 0.2) is 18.2 Å². The molecule has 0 spiro atoms. The monoisotopic (exact) mass is 286 g/mol. The zero-order valence-corrected chi connectivity index (χ0v) is 11.7. The predicted octanol–water partition coefficient (Wildman–Crippen LogP) is 1.46. The maximum atomic E-state index is 10.8. The third-order valence-electron chi connectivity index (χ3n) is 2.47. The number of hydrogen-bond acceptors (Lipinski definition) is 6. The third kappa shape index (κ3) is 4.41. The van der Waals surface area contributed by atoms with Crippen molar-refractivity contribution in [1.82, 2.24) is 0 Å². The number of aromatic hydroxyl groups is 1. The third-order valence-corrected chi connectivity index (χ3v) is 3.39. The Kier molecular flexibility index (Phi) is 6.14. The molecular weight excluding hydrogens is 268 g/mol. The van der Waals surface area contributed by atoms with Crippen LogP contribution in [0.1, 0.15) is 25.5 Å². The average Bonchev–Trinajstić information content (AvgIpc) is 2.38. The van der Waals surface area contributed by atoms with E-state index in [9.17, 15) is 20.1 Å². The molecule has 0 fully saturated rings. The van der Waals surface area contributed by atoms with Crippen molar-refractivity contribution in [1.29, 1.82) is 0 Å². The van der Waals surface area contributed by atoms with Crippen LogP contribution in [0, 0.1) is 0 Å². The second-order valence-electron chi connectivity index (χ2n) is 3.94. The van der Waals surface area contributed by atoms with E-state index >= 15 is 0 Å². The van der Waals surface area contributed by atoms with Crippen LogP contribution < -0.4 is 4.74 Å². The Morgan fingerprint density at radius 2 is 2.11 bits per heavy atom. The van der Waals surface area contributed by atoms with Gasteiger partial charge in [-0.25, -0.2) is 0 Å². The number of carbonyl (C=O) groups excluding carboxylic acids is 1. The Morgan fingerprint density at radius 3 is 2.68 bits per heavy atom. The molecule has 0 aliphatic heterocycles. The molecule has 0 bridgehead atoms. The van der Waals surface area contributed by atoms with E-state index in [4.69, 9.17) is 4.74 Å². The lowest BCUT2D eigenvalue weighted by Crippen LogP contribution is -2.21. The first-order valence-electron chi connectivity index (χ1n) is 5.91. The normalized spacial score (nSPS) is 13.9. The van der Waals surface area contributed by atoms with E-state index in [1.54, 1.807) is 19.1 Å². The molecule has 19 heavy (non-hydrogen) atoms. The standard InChI is InChI=1S/C13H18O5S/c1-3-18-11-6-4-5-9(13(11)17)12(16)10(15)7-19-8(2)14/h4-6,10,12,15-17H,3,7H2,1-2H3. The van der Waals surface area contributed by atoms with Crippen molar-refractivity contribution in [3.8, 4) is 11.5 Å². The molecule has 0 heterocycles. The van der Waals surface area contributed by atoms with E-state index in [0.29, 0.717) is 6.61 Å². The second kappa shape index (κ2) is 7.37. The number of ether oxygens (including phenoxy) is 1. The molecular formula is C13H18O5S. The van der Waals surface area contributed by atoms with Crippen LogP contribution >= 0.6 is 11.8 Å². The van der Waals surface area contributed by atoms with Crippen LogP contribution in [-0.4, -0.2) is 38.9 Å². The van der Waals surface area contributed by atoms with Crippen LogP contribution in [-0.2, 0) is 4.79 Å². The molecule has 1 aromatic rings. The Hall–Kier alpha value is -1.24. The minimum absolute atomic E-state index is 0.0643. The highest BCUT2D eigenvalue weighted by Gasteiger charge is 2.23. The number of hydrogen-bond donors (Lipinski definition) is 3. The molecule has 2 unspecified atom stereocenters. The van der Waals surface area contributed by atoms with Gasteiger partial charge in [-0.05, 0) is 13.0 Å². The van der Waals surface area contributed by atoms with Gasteiger partial charge in [0.15, 0.2) is 16.6 Å². The molecule has 0 radical (unpaired) electrons. The molecule has 0 amide bonds. The number of para-hydroxylation sites is 1. The van der Waals surface area contributed by atoms with Crippen LogP contribution in [0.2, 0.25) is 0 Å². The summed E-state index contributed by atoms with van der Waals surface area (Å²) in [4.78, 5) is 10.8. The fraction of sp³-hybridized carbons (Fsp3) is 0.462. The highest BCUT2D eigenvalue weighted by atomic mass is 32.2. The molecule has 3 N–H and O–H groups in total. The van der Waals surface area contributed by atoms with E-state index in [0.717, 1.165) is 11.8 Å². The van der Waals surface area contributed by atoms with Gasteiger partial charge in [0, 0.05) is 18.2 Å². The molecule has 0 aliphatic rings. The summed E-state index contributed by atoms with van der Waals surface area (Å²) in [7, 11) is 0. The maximum absolute atomic E-state index is 10.8. The van der Waals surface area contributed by atoms with Crippen LogP contribution in [0.25, 0.3) is 0 Å². The summed E-state index contributed by atoms with van der Waals surface area (Å²) in [5, 5.41) is 29.6. The molecule has 0 saturated heterocycles. The van der Waals surface area contributed by atoms with Crippen molar-refractivity contribution in [3.05, 3.63) is 23.8 Å². The number of benzene rings is 1. The zero-order valence-electron chi connectivity index (χ0n) is 10.9. The number of phenols is 1. The van der Waals surface area contributed by atoms with Gasteiger partial charge in [0.25, 0.3) is 0 Å². The molecule has 0 saturated carbocycles. The highest BCUT2D eigenvalue weighted by Crippen LogP contribution is 2.35. The smallest absolute Gasteiger partial charge is 0.185 e. The summed E-state index contributed by atoms with van der Waals surface area (Å²) in [6.45, 7) is 3.55. The summed E-state index contributed by atoms with van der Waals surface area (Å²) in [6, 6.07) is 4.70. The number of thioether (sulfide) groups is 1. The largest absolute Gasteiger partial charge is 0.504 e. The summed E-state index contributed by atoms with van der Waals surface area (Å²) in [6.07, 6.45) is -2.41. The van der Waals surface area contributed by atoms with Gasteiger partial charge in [0.1, 0.15) is 6.10 Å². The Balaban J connectivity index is 2.83. The summed E-state index contributed by atoms with van der Waals surface area (Å²) in [5.74, 6) is 0.128. The second-order valence-corrected chi connectivity index (χ2v) is 5.14. The quantitative estimate of drug-likeness (QED) is 0.734. The maximum Gasteiger partial charge on any atom is 0.185 e. The molecule has 6 heteroatoms. The first-order valence-corrected chi connectivity index (χ1v) is 6.90. The van der Waals surface area contributed by atoms with Crippen LogP contribution in [0.5, 0.6) is 11.5 Å². The Bertz CT molecular complexity index is 435. The Labute approximate surface area is 116 Å². The van der Waals surface area contributed by atoms with Gasteiger partial charge in [0.2, 0.25) is 0 Å². The van der Waals surface area contributed by atoms with Crippen molar-refractivity contribution >= 4 is 16.9 Å². The van der Waals surface area contributed by atoms with Gasteiger partial charge in [-0.3, -0.25) is 4.79 Å². The average molecular weight is 286 g/mol. The lowest BCUT2D eigenvalue weighted by atomic mass is 10.0.